The number of carbonyl (C=O) groups excluding carboxylic acids is 1. The lowest BCUT2D eigenvalue weighted by atomic mass is 10.1. The van der Waals surface area contributed by atoms with E-state index >= 15 is 0 Å². The highest BCUT2D eigenvalue weighted by Crippen LogP contribution is 2.41. The van der Waals surface area contributed by atoms with Gasteiger partial charge in [-0.2, -0.15) is 5.10 Å². The minimum atomic E-state index is -0.459. The van der Waals surface area contributed by atoms with Gasteiger partial charge in [0.05, 0.1) is 16.4 Å². The van der Waals surface area contributed by atoms with Crippen LogP contribution in [0.5, 0.6) is 0 Å². The molecule has 25 heavy (non-hydrogen) atoms. The van der Waals surface area contributed by atoms with E-state index in [2.05, 4.69) is 10.5 Å². The standard InChI is InChI=1S/C17H11Cl3N4O/c18-9-1-3-11-8(5-9)6-12-15(17(25)22-21)23-24(16(11)12)14-4-2-10(19)7-13(14)20/h1-5,7H,6,21H2,(H,22,25). The number of hydrogen-bond acceptors (Lipinski definition) is 3. The van der Waals surface area contributed by atoms with Gasteiger partial charge in [-0.1, -0.05) is 40.9 Å². The van der Waals surface area contributed by atoms with Crippen LogP contribution in [0.1, 0.15) is 21.6 Å². The quantitative estimate of drug-likeness (QED) is 0.307. The van der Waals surface area contributed by atoms with Crippen LogP contribution < -0.4 is 11.3 Å². The van der Waals surface area contributed by atoms with Crippen LogP contribution in [-0.2, 0) is 6.42 Å². The number of nitrogens with zero attached hydrogens (tertiary/aromatic N) is 2. The summed E-state index contributed by atoms with van der Waals surface area (Å²) in [6.07, 6.45) is 0.541. The number of rotatable bonds is 2. The fourth-order valence-corrected chi connectivity index (χ4v) is 3.79. The van der Waals surface area contributed by atoms with E-state index in [0.29, 0.717) is 27.2 Å². The zero-order valence-electron chi connectivity index (χ0n) is 12.7. The molecule has 1 heterocycles. The molecule has 0 saturated heterocycles. The second-order valence-corrected chi connectivity index (χ2v) is 6.92. The summed E-state index contributed by atoms with van der Waals surface area (Å²) in [5.74, 6) is 4.85. The molecule has 126 valence electrons. The van der Waals surface area contributed by atoms with Gasteiger partial charge in [-0.05, 0) is 35.9 Å². The van der Waals surface area contributed by atoms with Crippen molar-refractivity contribution in [1.29, 1.82) is 0 Å². The Bertz CT molecular complexity index is 1030. The van der Waals surface area contributed by atoms with Gasteiger partial charge in [0.1, 0.15) is 0 Å². The number of fused-ring (bicyclic) bond motifs is 3. The van der Waals surface area contributed by atoms with E-state index in [0.717, 1.165) is 22.4 Å². The molecule has 2 aromatic carbocycles. The van der Waals surface area contributed by atoms with Crippen molar-refractivity contribution in [2.24, 2.45) is 5.84 Å². The summed E-state index contributed by atoms with van der Waals surface area (Å²) in [6.45, 7) is 0. The molecule has 3 aromatic rings. The second-order valence-electron chi connectivity index (χ2n) is 5.64. The molecule has 0 radical (unpaired) electrons. The second kappa shape index (κ2) is 6.04. The van der Waals surface area contributed by atoms with Crippen molar-refractivity contribution >= 4 is 40.7 Å². The minimum Gasteiger partial charge on any atom is -0.289 e. The van der Waals surface area contributed by atoms with Crippen molar-refractivity contribution in [3.63, 3.8) is 0 Å². The van der Waals surface area contributed by atoms with Crippen LogP contribution in [0.25, 0.3) is 16.9 Å². The first-order valence-corrected chi connectivity index (χ1v) is 8.50. The van der Waals surface area contributed by atoms with Crippen LogP contribution in [0.15, 0.2) is 36.4 Å². The summed E-state index contributed by atoms with van der Waals surface area (Å²) in [5, 5.41) is 6.03. The predicted octanol–water partition coefficient (Wildman–Crippen LogP) is 4.01. The highest BCUT2D eigenvalue weighted by Gasteiger charge is 2.31. The first kappa shape index (κ1) is 16.4. The summed E-state index contributed by atoms with van der Waals surface area (Å²) in [6, 6.07) is 10.7. The maximum atomic E-state index is 12.2. The number of carbonyl (C=O) groups is 1. The van der Waals surface area contributed by atoms with E-state index in [9.17, 15) is 4.79 Å². The average Bonchev–Trinajstić information content (AvgIpc) is 3.11. The largest absolute Gasteiger partial charge is 0.289 e. The van der Waals surface area contributed by atoms with Crippen molar-refractivity contribution in [3.8, 4) is 16.9 Å². The summed E-state index contributed by atoms with van der Waals surface area (Å²) in [5.41, 5.74) is 6.58. The molecule has 0 unspecified atom stereocenters. The Morgan fingerprint density at radius 2 is 1.84 bits per heavy atom. The lowest BCUT2D eigenvalue weighted by Crippen LogP contribution is -2.31. The van der Waals surface area contributed by atoms with Crippen LogP contribution in [0, 0.1) is 0 Å². The first-order chi connectivity index (χ1) is 12.0. The Kier molecular flexibility index (Phi) is 3.96. The average molecular weight is 394 g/mol. The van der Waals surface area contributed by atoms with E-state index in [4.69, 9.17) is 40.6 Å². The molecule has 1 aromatic heterocycles. The number of nitrogens with two attached hydrogens (primary N) is 1. The molecule has 8 heteroatoms. The lowest BCUT2D eigenvalue weighted by molar-refractivity contribution is 0.0947. The normalized spacial score (nSPS) is 12.0. The Hall–Kier alpha value is -2.05. The van der Waals surface area contributed by atoms with E-state index in [1.165, 1.54) is 0 Å². The molecule has 1 aliphatic rings. The first-order valence-electron chi connectivity index (χ1n) is 7.36. The van der Waals surface area contributed by atoms with Crippen molar-refractivity contribution in [2.45, 2.75) is 6.42 Å². The van der Waals surface area contributed by atoms with E-state index in [1.807, 2.05) is 12.1 Å². The lowest BCUT2D eigenvalue weighted by Gasteiger charge is -2.10. The number of aromatic nitrogens is 2. The Morgan fingerprint density at radius 3 is 2.56 bits per heavy atom. The van der Waals surface area contributed by atoms with Gasteiger partial charge in [0, 0.05) is 27.6 Å². The van der Waals surface area contributed by atoms with Crippen LogP contribution in [0.4, 0.5) is 0 Å². The molecule has 0 aliphatic heterocycles. The minimum absolute atomic E-state index is 0.260. The fraction of sp³-hybridized carbons (Fsp3) is 0.0588. The topological polar surface area (TPSA) is 72.9 Å². The molecular weight excluding hydrogens is 383 g/mol. The Labute approximate surface area is 158 Å². The summed E-state index contributed by atoms with van der Waals surface area (Å²) in [4.78, 5) is 12.2. The third kappa shape index (κ3) is 2.60. The number of benzene rings is 2. The van der Waals surface area contributed by atoms with Gasteiger partial charge in [-0.25, -0.2) is 10.5 Å². The van der Waals surface area contributed by atoms with Crippen molar-refractivity contribution < 1.29 is 4.79 Å². The van der Waals surface area contributed by atoms with E-state index in [1.54, 1.807) is 28.9 Å². The molecule has 0 atom stereocenters. The monoisotopic (exact) mass is 392 g/mol. The highest BCUT2D eigenvalue weighted by atomic mass is 35.5. The van der Waals surface area contributed by atoms with Crippen molar-refractivity contribution in [2.75, 3.05) is 0 Å². The zero-order valence-corrected chi connectivity index (χ0v) is 15.0. The number of nitrogen functional groups attached to an aromatic ring is 1. The summed E-state index contributed by atoms with van der Waals surface area (Å²) >= 11 is 18.4. The van der Waals surface area contributed by atoms with Crippen LogP contribution in [-0.4, -0.2) is 15.7 Å². The number of amides is 1. The number of nitrogens with one attached hydrogen (secondary N) is 1. The van der Waals surface area contributed by atoms with E-state index in [-0.39, 0.29) is 5.69 Å². The molecular formula is C17H11Cl3N4O. The van der Waals surface area contributed by atoms with Crippen LogP contribution in [0.3, 0.4) is 0 Å². The summed E-state index contributed by atoms with van der Waals surface area (Å²) < 4.78 is 1.65. The highest BCUT2D eigenvalue weighted by molar-refractivity contribution is 6.35. The molecule has 5 nitrogen and oxygen atoms in total. The molecule has 1 amide bonds. The fourth-order valence-electron chi connectivity index (χ4n) is 3.10. The molecule has 3 N–H and O–H groups in total. The maximum Gasteiger partial charge on any atom is 0.285 e. The number of halogens is 3. The maximum absolute atomic E-state index is 12.2. The molecule has 0 bridgehead atoms. The Morgan fingerprint density at radius 1 is 1.12 bits per heavy atom. The van der Waals surface area contributed by atoms with Crippen molar-refractivity contribution in [1.82, 2.24) is 15.2 Å². The Balaban J connectivity index is 2.00. The third-order valence-corrected chi connectivity index (χ3v) is 4.93. The summed E-state index contributed by atoms with van der Waals surface area (Å²) in [7, 11) is 0. The van der Waals surface area contributed by atoms with Gasteiger partial charge in [0.15, 0.2) is 5.69 Å². The van der Waals surface area contributed by atoms with Crippen LogP contribution in [0.2, 0.25) is 15.1 Å². The van der Waals surface area contributed by atoms with Gasteiger partial charge < -0.3 is 0 Å². The molecule has 0 fully saturated rings. The SMILES string of the molecule is NNC(=O)c1nn(-c2ccc(Cl)cc2Cl)c2c1Cc1cc(Cl)ccc1-2. The molecule has 1 aliphatic carbocycles. The third-order valence-electron chi connectivity index (χ3n) is 4.16. The van der Waals surface area contributed by atoms with Gasteiger partial charge in [-0.15, -0.1) is 0 Å². The van der Waals surface area contributed by atoms with Crippen molar-refractivity contribution in [3.05, 3.63) is 68.3 Å². The van der Waals surface area contributed by atoms with E-state index < -0.39 is 5.91 Å². The van der Waals surface area contributed by atoms with Gasteiger partial charge in [-0.3, -0.25) is 10.2 Å². The predicted molar refractivity (Wildman–Crippen MR) is 98.5 cm³/mol. The smallest absolute Gasteiger partial charge is 0.285 e. The van der Waals surface area contributed by atoms with Gasteiger partial charge in [0.2, 0.25) is 0 Å². The van der Waals surface area contributed by atoms with Gasteiger partial charge >= 0.3 is 0 Å². The molecule has 0 spiro atoms. The molecule has 0 saturated carbocycles. The number of hydrogen-bond donors (Lipinski definition) is 2. The van der Waals surface area contributed by atoms with Crippen LogP contribution >= 0.6 is 34.8 Å². The van der Waals surface area contributed by atoms with Gasteiger partial charge in [0.25, 0.3) is 5.91 Å². The number of hydrazine groups is 1. The zero-order chi connectivity index (χ0) is 17.7. The molecule has 4 rings (SSSR count).